The van der Waals surface area contributed by atoms with Crippen molar-refractivity contribution < 1.29 is 27.5 Å². The molecule has 2 aromatic rings. The van der Waals surface area contributed by atoms with Crippen molar-refractivity contribution in [2.75, 3.05) is 39.5 Å². The van der Waals surface area contributed by atoms with Crippen molar-refractivity contribution in [3.05, 3.63) is 54.1 Å². The number of para-hydroxylation sites is 1. The number of aryl methyl sites for hydroxylation is 1. The highest BCUT2D eigenvalue weighted by Gasteiger charge is 2.39. The van der Waals surface area contributed by atoms with Crippen molar-refractivity contribution >= 4 is 21.7 Å². The van der Waals surface area contributed by atoms with Gasteiger partial charge < -0.3 is 19.3 Å². The molecule has 9 heteroatoms. The third-order valence-electron chi connectivity index (χ3n) is 7.89. The molecule has 206 valence electrons. The highest BCUT2D eigenvalue weighted by molar-refractivity contribution is 7.92. The number of amides is 2. The van der Waals surface area contributed by atoms with E-state index in [-0.39, 0.29) is 22.1 Å². The summed E-state index contributed by atoms with van der Waals surface area (Å²) in [4.78, 5) is 29.7. The van der Waals surface area contributed by atoms with Gasteiger partial charge in [0.2, 0.25) is 5.91 Å². The standard InChI is InChI=1S/C29H38N2O6S/c1-22-28(33)30(2)21-29(15-7-6-9-23-8-4-5-10-26(23)37-22)16-18-31(19-17-29)27(32)20-38(34,35)25-13-11-24(36-3)12-14-25/h4-5,8,10-14,22H,6-7,9,15-21H2,1-3H3/t22-/m1/s1. The van der Waals surface area contributed by atoms with Crippen LogP contribution in [0.15, 0.2) is 53.4 Å². The maximum Gasteiger partial charge on any atom is 0.263 e. The van der Waals surface area contributed by atoms with E-state index < -0.39 is 21.7 Å². The lowest BCUT2D eigenvalue weighted by Crippen LogP contribution is -2.50. The van der Waals surface area contributed by atoms with Gasteiger partial charge in [-0.05, 0) is 80.3 Å². The average Bonchev–Trinajstić information content (AvgIpc) is 2.91. The van der Waals surface area contributed by atoms with Crippen molar-refractivity contribution in [3.8, 4) is 11.5 Å². The first-order chi connectivity index (χ1) is 18.1. The SMILES string of the molecule is COc1ccc(S(=O)(=O)CC(=O)N2CCC3(CCCCc4ccccc4O[C@H](C)C(=O)N(C)C3)CC2)cc1. The molecule has 0 unspecified atom stereocenters. The van der Waals surface area contributed by atoms with Crippen LogP contribution in [0.4, 0.5) is 0 Å². The average molecular weight is 543 g/mol. The minimum Gasteiger partial charge on any atom is -0.497 e. The third-order valence-corrected chi connectivity index (χ3v) is 9.50. The van der Waals surface area contributed by atoms with E-state index in [2.05, 4.69) is 6.07 Å². The number of carbonyl (C=O) groups is 2. The summed E-state index contributed by atoms with van der Waals surface area (Å²) in [6.07, 6.45) is 4.71. The fraction of sp³-hybridized carbons (Fsp3) is 0.517. The quantitative estimate of drug-likeness (QED) is 0.585. The number of rotatable bonds is 4. The normalized spacial score (nSPS) is 20.6. The van der Waals surface area contributed by atoms with Crippen LogP contribution in [0, 0.1) is 5.41 Å². The molecular weight excluding hydrogens is 504 g/mol. The van der Waals surface area contributed by atoms with E-state index in [0.29, 0.717) is 25.4 Å². The smallest absolute Gasteiger partial charge is 0.263 e. The number of ether oxygens (including phenoxy) is 2. The van der Waals surface area contributed by atoms with Gasteiger partial charge in [-0.1, -0.05) is 24.6 Å². The minimum absolute atomic E-state index is 0.0659. The number of nitrogens with zero attached hydrogens (tertiary/aromatic N) is 2. The van der Waals surface area contributed by atoms with E-state index in [0.717, 1.165) is 49.8 Å². The Kier molecular flexibility index (Phi) is 8.65. The van der Waals surface area contributed by atoms with Crippen molar-refractivity contribution in [1.82, 2.24) is 9.80 Å². The lowest BCUT2D eigenvalue weighted by Gasteiger charge is -2.44. The van der Waals surface area contributed by atoms with Crippen LogP contribution in [0.3, 0.4) is 0 Å². The van der Waals surface area contributed by atoms with Crippen LogP contribution >= 0.6 is 0 Å². The van der Waals surface area contributed by atoms with Gasteiger partial charge in [-0.3, -0.25) is 9.59 Å². The zero-order valence-corrected chi connectivity index (χ0v) is 23.3. The number of hydrogen-bond donors (Lipinski definition) is 0. The monoisotopic (exact) mass is 542 g/mol. The summed E-state index contributed by atoms with van der Waals surface area (Å²) < 4.78 is 36.9. The molecule has 2 aliphatic rings. The second kappa shape index (κ2) is 11.8. The number of likely N-dealkylation sites (N-methyl/N-ethyl adjacent to an activating group) is 1. The summed E-state index contributed by atoms with van der Waals surface area (Å²) in [7, 11) is -0.421. The Morgan fingerprint density at radius 2 is 1.74 bits per heavy atom. The second-order valence-corrected chi connectivity index (χ2v) is 12.6. The van der Waals surface area contributed by atoms with E-state index in [1.165, 1.54) is 19.2 Å². The van der Waals surface area contributed by atoms with Gasteiger partial charge in [-0.25, -0.2) is 8.42 Å². The van der Waals surface area contributed by atoms with Crippen LogP contribution in [-0.2, 0) is 25.8 Å². The van der Waals surface area contributed by atoms with Gasteiger partial charge in [0.25, 0.3) is 5.91 Å². The molecule has 0 radical (unpaired) electrons. The Labute approximate surface area is 225 Å². The molecule has 2 heterocycles. The molecule has 1 spiro atoms. The molecule has 0 aromatic heterocycles. The topological polar surface area (TPSA) is 93.2 Å². The number of piperidine rings is 1. The van der Waals surface area contributed by atoms with E-state index in [1.54, 1.807) is 28.9 Å². The number of hydrogen-bond acceptors (Lipinski definition) is 6. The van der Waals surface area contributed by atoms with Crippen molar-refractivity contribution in [2.45, 2.75) is 56.4 Å². The molecule has 4 rings (SSSR count). The number of sulfone groups is 1. The summed E-state index contributed by atoms with van der Waals surface area (Å²) in [5.41, 5.74) is 0.997. The molecule has 8 nitrogen and oxygen atoms in total. The van der Waals surface area contributed by atoms with Crippen LogP contribution < -0.4 is 9.47 Å². The Hall–Kier alpha value is -3.07. The summed E-state index contributed by atoms with van der Waals surface area (Å²) in [6, 6.07) is 14.0. The molecule has 2 aromatic carbocycles. The van der Waals surface area contributed by atoms with E-state index in [9.17, 15) is 18.0 Å². The minimum atomic E-state index is -3.75. The van der Waals surface area contributed by atoms with Gasteiger partial charge in [-0.2, -0.15) is 0 Å². The molecule has 0 N–H and O–H groups in total. The van der Waals surface area contributed by atoms with Crippen molar-refractivity contribution in [1.29, 1.82) is 0 Å². The fourth-order valence-corrected chi connectivity index (χ4v) is 6.84. The highest BCUT2D eigenvalue weighted by atomic mass is 32.2. The molecule has 2 aliphatic heterocycles. The zero-order valence-electron chi connectivity index (χ0n) is 22.5. The van der Waals surface area contributed by atoms with Gasteiger partial charge in [0, 0.05) is 26.7 Å². The third kappa shape index (κ3) is 6.49. The van der Waals surface area contributed by atoms with Crippen LogP contribution in [0.25, 0.3) is 0 Å². The lowest BCUT2D eigenvalue weighted by atomic mass is 9.73. The Balaban J connectivity index is 1.42. The van der Waals surface area contributed by atoms with Gasteiger partial charge in [0.05, 0.1) is 12.0 Å². The molecule has 1 atom stereocenters. The number of likely N-dealkylation sites (tertiary alicyclic amines) is 1. The maximum atomic E-state index is 13.2. The first-order valence-corrected chi connectivity index (χ1v) is 14.9. The van der Waals surface area contributed by atoms with E-state index in [1.807, 2.05) is 25.2 Å². The second-order valence-electron chi connectivity index (χ2n) is 10.6. The van der Waals surface area contributed by atoms with Crippen LogP contribution in [0.2, 0.25) is 0 Å². The molecule has 1 saturated heterocycles. The van der Waals surface area contributed by atoms with Crippen LogP contribution in [0.5, 0.6) is 11.5 Å². The summed E-state index contributed by atoms with van der Waals surface area (Å²) in [5.74, 6) is 0.324. The number of methoxy groups -OCH3 is 1. The summed E-state index contributed by atoms with van der Waals surface area (Å²) in [5, 5.41) is 0. The van der Waals surface area contributed by atoms with Crippen molar-refractivity contribution in [3.63, 3.8) is 0 Å². The maximum absolute atomic E-state index is 13.2. The molecular formula is C29H38N2O6S. The summed E-state index contributed by atoms with van der Waals surface area (Å²) >= 11 is 0. The Morgan fingerprint density at radius 3 is 2.42 bits per heavy atom. The largest absolute Gasteiger partial charge is 0.497 e. The van der Waals surface area contributed by atoms with E-state index in [4.69, 9.17) is 9.47 Å². The number of benzene rings is 2. The van der Waals surface area contributed by atoms with Gasteiger partial charge >= 0.3 is 0 Å². The van der Waals surface area contributed by atoms with Crippen LogP contribution in [-0.4, -0.2) is 75.7 Å². The molecule has 0 aliphatic carbocycles. The van der Waals surface area contributed by atoms with Gasteiger partial charge in [0.1, 0.15) is 17.3 Å². The Morgan fingerprint density at radius 1 is 1.05 bits per heavy atom. The van der Waals surface area contributed by atoms with Gasteiger partial charge in [0.15, 0.2) is 15.9 Å². The fourth-order valence-electron chi connectivity index (χ4n) is 5.61. The molecule has 1 fully saturated rings. The zero-order chi connectivity index (χ0) is 27.3. The highest BCUT2D eigenvalue weighted by Crippen LogP contribution is 2.38. The predicted octanol–water partition coefficient (Wildman–Crippen LogP) is 3.73. The molecule has 0 bridgehead atoms. The summed E-state index contributed by atoms with van der Waals surface area (Å²) in [6.45, 7) is 3.34. The lowest BCUT2D eigenvalue weighted by molar-refractivity contribution is -0.140. The Bertz CT molecular complexity index is 1240. The molecule has 0 saturated carbocycles. The predicted molar refractivity (Wildman–Crippen MR) is 145 cm³/mol. The van der Waals surface area contributed by atoms with Crippen LogP contribution in [0.1, 0.15) is 44.6 Å². The van der Waals surface area contributed by atoms with Gasteiger partial charge in [-0.15, -0.1) is 0 Å². The molecule has 38 heavy (non-hydrogen) atoms. The first kappa shape index (κ1) is 28.0. The number of fused-ring (bicyclic) bond motifs is 1. The van der Waals surface area contributed by atoms with Crippen molar-refractivity contribution in [2.24, 2.45) is 5.41 Å². The van der Waals surface area contributed by atoms with E-state index >= 15 is 0 Å². The molecule has 2 amide bonds. The first-order valence-electron chi connectivity index (χ1n) is 13.3. The number of carbonyl (C=O) groups excluding carboxylic acids is 2.